The number of rotatable bonds is 7. The predicted octanol–water partition coefficient (Wildman–Crippen LogP) is 2.89. The van der Waals surface area contributed by atoms with Gasteiger partial charge in [0.05, 0.1) is 24.3 Å². The number of nitriles is 1. The van der Waals surface area contributed by atoms with E-state index in [2.05, 4.69) is 18.0 Å². The Morgan fingerprint density at radius 1 is 1.61 bits per heavy atom. The van der Waals surface area contributed by atoms with Crippen LogP contribution in [-0.4, -0.2) is 19.3 Å². The quantitative estimate of drug-likeness (QED) is 0.770. The number of benzene rings is 1. The van der Waals surface area contributed by atoms with E-state index < -0.39 is 0 Å². The molecule has 0 heterocycles. The molecule has 1 atom stereocenters. The molecule has 3 nitrogen and oxygen atoms in total. The molecule has 0 spiro atoms. The minimum Gasteiger partial charge on any atom is -0.373 e. The van der Waals surface area contributed by atoms with Crippen molar-refractivity contribution in [2.45, 2.75) is 19.6 Å². The van der Waals surface area contributed by atoms with Crippen LogP contribution in [0.5, 0.6) is 0 Å². The first-order chi connectivity index (χ1) is 8.67. The second-order valence-electron chi connectivity index (χ2n) is 3.98. The Labute approximate surface area is 113 Å². The van der Waals surface area contributed by atoms with Crippen LogP contribution in [0.2, 0.25) is 5.02 Å². The zero-order valence-corrected chi connectivity index (χ0v) is 11.2. The summed E-state index contributed by atoms with van der Waals surface area (Å²) in [5.41, 5.74) is 1.55. The number of nitrogens with one attached hydrogen (secondary N) is 1. The monoisotopic (exact) mass is 264 g/mol. The third kappa shape index (κ3) is 4.89. The van der Waals surface area contributed by atoms with Gasteiger partial charge in [-0.15, -0.1) is 6.58 Å². The molecular formula is C14H17ClN2O. The summed E-state index contributed by atoms with van der Waals surface area (Å²) in [5.74, 6) is 0. The van der Waals surface area contributed by atoms with Crippen LogP contribution in [0.15, 0.2) is 30.9 Å². The summed E-state index contributed by atoms with van der Waals surface area (Å²) in [5, 5.41) is 12.6. The van der Waals surface area contributed by atoms with Gasteiger partial charge in [0, 0.05) is 18.1 Å². The van der Waals surface area contributed by atoms with E-state index >= 15 is 0 Å². The van der Waals surface area contributed by atoms with E-state index in [0.717, 1.165) is 12.1 Å². The summed E-state index contributed by atoms with van der Waals surface area (Å²) in [6.07, 6.45) is 1.86. The molecule has 0 aliphatic heterocycles. The smallest absolute Gasteiger partial charge is 0.0992 e. The molecule has 1 rings (SSSR count). The van der Waals surface area contributed by atoms with Gasteiger partial charge in [0.25, 0.3) is 0 Å². The van der Waals surface area contributed by atoms with Crippen molar-refractivity contribution in [1.82, 2.24) is 5.32 Å². The van der Waals surface area contributed by atoms with Crippen LogP contribution in [-0.2, 0) is 11.3 Å². The lowest BCUT2D eigenvalue weighted by atomic mass is 10.1. The Kier molecular flexibility index (Phi) is 6.45. The summed E-state index contributed by atoms with van der Waals surface area (Å²) >= 11 is 6.07. The Morgan fingerprint density at radius 2 is 2.39 bits per heavy atom. The lowest BCUT2D eigenvalue weighted by Crippen LogP contribution is -2.26. The first-order valence-electron chi connectivity index (χ1n) is 5.79. The molecule has 1 unspecified atom stereocenters. The highest BCUT2D eigenvalue weighted by atomic mass is 35.5. The zero-order valence-electron chi connectivity index (χ0n) is 10.4. The summed E-state index contributed by atoms with van der Waals surface area (Å²) in [6, 6.07) is 7.36. The molecule has 1 aromatic carbocycles. The van der Waals surface area contributed by atoms with E-state index in [0.29, 0.717) is 23.7 Å². The summed E-state index contributed by atoms with van der Waals surface area (Å²) < 4.78 is 5.44. The van der Waals surface area contributed by atoms with Crippen molar-refractivity contribution in [2.24, 2.45) is 0 Å². The van der Waals surface area contributed by atoms with E-state index in [9.17, 15) is 0 Å². The van der Waals surface area contributed by atoms with Crippen LogP contribution < -0.4 is 5.32 Å². The van der Waals surface area contributed by atoms with E-state index in [1.54, 1.807) is 18.2 Å². The van der Waals surface area contributed by atoms with Crippen molar-refractivity contribution in [1.29, 1.82) is 5.26 Å². The van der Waals surface area contributed by atoms with Crippen molar-refractivity contribution < 1.29 is 4.74 Å². The Bertz CT molecular complexity index is 440. The molecule has 0 aliphatic carbocycles. The zero-order chi connectivity index (χ0) is 13.4. The molecular weight excluding hydrogens is 248 g/mol. The highest BCUT2D eigenvalue weighted by molar-refractivity contribution is 6.31. The average molecular weight is 265 g/mol. The molecule has 0 radical (unpaired) electrons. The van der Waals surface area contributed by atoms with E-state index in [1.165, 1.54) is 0 Å². The lowest BCUT2D eigenvalue weighted by molar-refractivity contribution is 0.0877. The Morgan fingerprint density at radius 3 is 3.00 bits per heavy atom. The van der Waals surface area contributed by atoms with Gasteiger partial charge in [0.1, 0.15) is 0 Å². The summed E-state index contributed by atoms with van der Waals surface area (Å²) in [7, 11) is 0. The normalized spacial score (nSPS) is 11.8. The van der Waals surface area contributed by atoms with Gasteiger partial charge in [-0.25, -0.2) is 0 Å². The van der Waals surface area contributed by atoms with Gasteiger partial charge in [-0.2, -0.15) is 5.26 Å². The number of halogens is 1. The third-order valence-electron chi connectivity index (χ3n) is 2.43. The van der Waals surface area contributed by atoms with Crippen LogP contribution in [0, 0.1) is 11.3 Å². The maximum Gasteiger partial charge on any atom is 0.0992 e. The highest BCUT2D eigenvalue weighted by Gasteiger charge is 2.04. The number of ether oxygens (including phenoxy) is 1. The van der Waals surface area contributed by atoms with Crippen molar-refractivity contribution in [3.8, 4) is 6.07 Å². The lowest BCUT2D eigenvalue weighted by Gasteiger charge is -2.13. The fourth-order valence-electron chi connectivity index (χ4n) is 1.46. The molecule has 0 saturated heterocycles. The van der Waals surface area contributed by atoms with Crippen LogP contribution >= 0.6 is 11.6 Å². The molecule has 0 aliphatic rings. The van der Waals surface area contributed by atoms with Crippen molar-refractivity contribution in [2.75, 3.05) is 13.2 Å². The van der Waals surface area contributed by atoms with Gasteiger partial charge < -0.3 is 10.1 Å². The van der Waals surface area contributed by atoms with Gasteiger partial charge in [0.15, 0.2) is 0 Å². The van der Waals surface area contributed by atoms with Gasteiger partial charge in [-0.05, 0) is 24.6 Å². The van der Waals surface area contributed by atoms with Gasteiger partial charge >= 0.3 is 0 Å². The van der Waals surface area contributed by atoms with E-state index in [4.69, 9.17) is 21.6 Å². The highest BCUT2D eigenvalue weighted by Crippen LogP contribution is 2.17. The number of nitrogens with zero attached hydrogens (tertiary/aromatic N) is 1. The molecule has 4 heteroatoms. The van der Waals surface area contributed by atoms with Crippen LogP contribution in [0.3, 0.4) is 0 Å². The minimum absolute atomic E-state index is 0.125. The van der Waals surface area contributed by atoms with Crippen molar-refractivity contribution >= 4 is 11.6 Å². The predicted molar refractivity (Wildman–Crippen MR) is 73.5 cm³/mol. The van der Waals surface area contributed by atoms with Gasteiger partial charge in [-0.3, -0.25) is 0 Å². The summed E-state index contributed by atoms with van der Waals surface area (Å²) in [6.45, 7) is 7.55. The number of hydrogen-bond donors (Lipinski definition) is 1. The average Bonchev–Trinajstić information content (AvgIpc) is 2.38. The van der Waals surface area contributed by atoms with Crippen LogP contribution in [0.1, 0.15) is 18.1 Å². The second-order valence-corrected chi connectivity index (χ2v) is 4.39. The largest absolute Gasteiger partial charge is 0.373 e. The fraction of sp³-hybridized carbons (Fsp3) is 0.357. The minimum atomic E-state index is 0.125. The van der Waals surface area contributed by atoms with E-state index in [-0.39, 0.29) is 6.10 Å². The van der Waals surface area contributed by atoms with Crippen LogP contribution in [0.4, 0.5) is 0 Å². The topological polar surface area (TPSA) is 45.0 Å². The molecule has 96 valence electrons. The van der Waals surface area contributed by atoms with Gasteiger partial charge in [-0.1, -0.05) is 23.7 Å². The standard InChI is InChI=1S/C14H17ClN2O/c1-3-6-18-11(2)9-17-10-13-5-4-12(8-16)7-14(13)15/h3-5,7,11,17H,1,6,9-10H2,2H3. The molecule has 0 bridgehead atoms. The van der Waals surface area contributed by atoms with Crippen molar-refractivity contribution in [3.05, 3.63) is 47.0 Å². The maximum atomic E-state index is 8.74. The fourth-order valence-corrected chi connectivity index (χ4v) is 1.71. The summed E-state index contributed by atoms with van der Waals surface area (Å²) in [4.78, 5) is 0. The van der Waals surface area contributed by atoms with Crippen molar-refractivity contribution in [3.63, 3.8) is 0 Å². The molecule has 0 aromatic heterocycles. The molecule has 1 aromatic rings. The molecule has 1 N–H and O–H groups in total. The number of hydrogen-bond acceptors (Lipinski definition) is 3. The van der Waals surface area contributed by atoms with Crippen LogP contribution in [0.25, 0.3) is 0 Å². The van der Waals surface area contributed by atoms with E-state index in [1.807, 2.05) is 13.0 Å². The molecule has 0 amide bonds. The Balaban J connectivity index is 2.40. The van der Waals surface area contributed by atoms with Gasteiger partial charge in [0.2, 0.25) is 0 Å². The first kappa shape index (κ1) is 14.7. The SMILES string of the molecule is C=CCOC(C)CNCc1ccc(C#N)cc1Cl. The second kappa shape index (κ2) is 7.88. The molecule has 18 heavy (non-hydrogen) atoms. The third-order valence-corrected chi connectivity index (χ3v) is 2.78. The first-order valence-corrected chi connectivity index (χ1v) is 6.17. The Hall–Kier alpha value is -1.34. The molecule has 0 fully saturated rings. The maximum absolute atomic E-state index is 8.74. The molecule has 0 saturated carbocycles.